The predicted molar refractivity (Wildman–Crippen MR) is 80.8 cm³/mol. The Morgan fingerprint density at radius 3 is 2.59 bits per heavy atom. The van der Waals surface area contributed by atoms with E-state index in [4.69, 9.17) is 9.84 Å². The van der Waals surface area contributed by atoms with Crippen molar-refractivity contribution in [3.8, 4) is 5.75 Å². The predicted octanol–water partition coefficient (Wildman–Crippen LogP) is 0.703. The highest BCUT2D eigenvalue weighted by Gasteiger charge is 2.23. The van der Waals surface area contributed by atoms with E-state index in [9.17, 15) is 18.0 Å². The Morgan fingerprint density at radius 2 is 2.05 bits per heavy atom. The van der Waals surface area contributed by atoms with Crippen LogP contribution in [0.2, 0.25) is 0 Å². The van der Waals surface area contributed by atoms with E-state index in [0.29, 0.717) is 5.75 Å². The first-order valence-corrected chi connectivity index (χ1v) is 8.49. The number of carboxylic acid groups (broad SMARTS) is 1. The summed E-state index contributed by atoms with van der Waals surface area (Å²) in [6.07, 6.45) is -0.179. The molecule has 2 N–H and O–H groups in total. The highest BCUT2D eigenvalue weighted by molar-refractivity contribution is 7.91. The van der Waals surface area contributed by atoms with Crippen LogP contribution in [0.1, 0.15) is 23.7 Å². The van der Waals surface area contributed by atoms with Crippen molar-refractivity contribution in [1.82, 2.24) is 5.32 Å². The van der Waals surface area contributed by atoms with Crippen molar-refractivity contribution in [2.45, 2.75) is 19.4 Å². The molecule has 0 spiro atoms. The molecule has 1 aromatic rings. The standard InChI is InChI=1S/C14H19NO6S/c1-3-22(19,20)8-7-12(14(17)18)15-13(16)10-5-4-6-11(9-10)21-2/h4-6,9,12H,3,7-8H2,1-2H3,(H,15,16)(H,17,18). The number of carbonyl (C=O) groups is 2. The second kappa shape index (κ2) is 7.79. The van der Waals surface area contributed by atoms with Crippen LogP contribution in [0.5, 0.6) is 5.75 Å². The molecule has 1 aromatic carbocycles. The molecule has 0 saturated heterocycles. The quantitative estimate of drug-likeness (QED) is 0.726. The van der Waals surface area contributed by atoms with Gasteiger partial charge in [0.15, 0.2) is 0 Å². The van der Waals surface area contributed by atoms with Crippen molar-refractivity contribution in [1.29, 1.82) is 0 Å². The van der Waals surface area contributed by atoms with E-state index < -0.39 is 27.8 Å². The van der Waals surface area contributed by atoms with E-state index in [2.05, 4.69) is 5.32 Å². The van der Waals surface area contributed by atoms with Gasteiger partial charge < -0.3 is 15.2 Å². The van der Waals surface area contributed by atoms with Crippen molar-refractivity contribution in [2.75, 3.05) is 18.6 Å². The third-order valence-corrected chi connectivity index (χ3v) is 4.83. The number of ether oxygens (including phenoxy) is 1. The van der Waals surface area contributed by atoms with Gasteiger partial charge in [-0.1, -0.05) is 13.0 Å². The molecule has 122 valence electrons. The molecule has 22 heavy (non-hydrogen) atoms. The van der Waals surface area contributed by atoms with Crippen LogP contribution < -0.4 is 10.1 Å². The van der Waals surface area contributed by atoms with Crippen LogP contribution in [0.15, 0.2) is 24.3 Å². The van der Waals surface area contributed by atoms with E-state index in [0.717, 1.165) is 0 Å². The molecule has 1 amide bonds. The number of methoxy groups -OCH3 is 1. The number of aliphatic carboxylic acids is 1. The molecule has 0 saturated carbocycles. The van der Waals surface area contributed by atoms with Crippen LogP contribution in [-0.2, 0) is 14.6 Å². The van der Waals surface area contributed by atoms with E-state index in [1.807, 2.05) is 0 Å². The lowest BCUT2D eigenvalue weighted by Crippen LogP contribution is -2.42. The zero-order valence-corrected chi connectivity index (χ0v) is 13.2. The number of sulfone groups is 1. The molecule has 1 unspecified atom stereocenters. The molecule has 0 heterocycles. The summed E-state index contributed by atoms with van der Waals surface area (Å²) in [5, 5.41) is 11.4. The van der Waals surface area contributed by atoms with Gasteiger partial charge in [0, 0.05) is 11.3 Å². The molecule has 0 aromatic heterocycles. The largest absolute Gasteiger partial charge is 0.497 e. The topological polar surface area (TPSA) is 110 Å². The number of rotatable bonds is 8. The van der Waals surface area contributed by atoms with Gasteiger partial charge in [0.1, 0.15) is 21.6 Å². The van der Waals surface area contributed by atoms with E-state index >= 15 is 0 Å². The second-order valence-electron chi connectivity index (χ2n) is 4.62. The number of hydrogen-bond donors (Lipinski definition) is 2. The summed E-state index contributed by atoms with van der Waals surface area (Å²) in [5.74, 6) is -1.77. The number of hydrogen-bond acceptors (Lipinski definition) is 5. The Bertz CT molecular complexity index is 640. The molecule has 1 rings (SSSR count). The maximum Gasteiger partial charge on any atom is 0.326 e. The summed E-state index contributed by atoms with van der Waals surface area (Å²) in [6, 6.07) is 4.97. The first-order valence-electron chi connectivity index (χ1n) is 6.67. The lowest BCUT2D eigenvalue weighted by atomic mass is 10.1. The molecule has 8 heteroatoms. The molecule has 0 radical (unpaired) electrons. The third kappa shape index (κ3) is 5.36. The monoisotopic (exact) mass is 329 g/mol. The molecule has 0 aliphatic carbocycles. The van der Waals surface area contributed by atoms with Crippen LogP contribution in [0.4, 0.5) is 0 Å². The Balaban J connectivity index is 2.78. The molecule has 0 aliphatic rings. The fourth-order valence-corrected chi connectivity index (χ4v) is 2.59. The third-order valence-electron chi connectivity index (χ3n) is 3.09. The van der Waals surface area contributed by atoms with Gasteiger partial charge in [0.2, 0.25) is 0 Å². The molecule has 7 nitrogen and oxygen atoms in total. The van der Waals surface area contributed by atoms with Crippen LogP contribution in [0, 0.1) is 0 Å². The van der Waals surface area contributed by atoms with Gasteiger partial charge >= 0.3 is 5.97 Å². The Morgan fingerprint density at radius 1 is 1.36 bits per heavy atom. The van der Waals surface area contributed by atoms with Gasteiger partial charge in [0.05, 0.1) is 12.9 Å². The molecule has 0 fully saturated rings. The van der Waals surface area contributed by atoms with Gasteiger partial charge in [-0.05, 0) is 24.6 Å². The minimum absolute atomic E-state index is 0.0663. The minimum Gasteiger partial charge on any atom is -0.497 e. The Hall–Kier alpha value is -2.09. The summed E-state index contributed by atoms with van der Waals surface area (Å²) in [7, 11) is -1.84. The molecular weight excluding hydrogens is 310 g/mol. The fourth-order valence-electron chi connectivity index (χ4n) is 1.71. The maximum absolute atomic E-state index is 12.0. The van der Waals surface area contributed by atoms with Crippen LogP contribution in [0.25, 0.3) is 0 Å². The molecule has 1 atom stereocenters. The zero-order valence-electron chi connectivity index (χ0n) is 12.4. The van der Waals surface area contributed by atoms with Crippen LogP contribution >= 0.6 is 0 Å². The molecule has 0 aliphatic heterocycles. The Labute approximate surface area is 129 Å². The van der Waals surface area contributed by atoms with Crippen molar-refractivity contribution in [3.63, 3.8) is 0 Å². The first kappa shape index (κ1) is 18.0. The average Bonchev–Trinajstić information content (AvgIpc) is 2.50. The summed E-state index contributed by atoms with van der Waals surface area (Å²) in [6.45, 7) is 1.49. The van der Waals surface area contributed by atoms with Gasteiger partial charge in [-0.15, -0.1) is 0 Å². The van der Waals surface area contributed by atoms with Gasteiger partial charge in [-0.2, -0.15) is 0 Å². The van der Waals surface area contributed by atoms with E-state index in [1.165, 1.54) is 26.2 Å². The van der Waals surface area contributed by atoms with Crippen molar-refractivity contribution in [3.05, 3.63) is 29.8 Å². The van der Waals surface area contributed by atoms with E-state index in [1.54, 1.807) is 12.1 Å². The number of carboxylic acids is 1. The van der Waals surface area contributed by atoms with E-state index in [-0.39, 0.29) is 23.5 Å². The fraction of sp³-hybridized carbons (Fsp3) is 0.429. The Kier molecular flexibility index (Phi) is 6.36. The smallest absolute Gasteiger partial charge is 0.326 e. The first-order chi connectivity index (χ1) is 10.3. The van der Waals surface area contributed by atoms with Crippen molar-refractivity contribution in [2.24, 2.45) is 0 Å². The SMILES string of the molecule is CCS(=O)(=O)CCC(NC(=O)c1cccc(OC)c1)C(=O)O. The number of nitrogens with one attached hydrogen (secondary N) is 1. The maximum atomic E-state index is 12.0. The molecule has 0 bridgehead atoms. The summed E-state index contributed by atoms with van der Waals surface area (Å²) in [5.41, 5.74) is 0.240. The summed E-state index contributed by atoms with van der Waals surface area (Å²) < 4.78 is 27.9. The number of amides is 1. The normalized spacial score (nSPS) is 12.5. The highest BCUT2D eigenvalue weighted by atomic mass is 32.2. The summed E-state index contributed by atoms with van der Waals surface area (Å²) in [4.78, 5) is 23.2. The zero-order chi connectivity index (χ0) is 16.8. The molecular formula is C14H19NO6S. The van der Waals surface area contributed by atoms with Crippen molar-refractivity contribution < 1.29 is 27.9 Å². The van der Waals surface area contributed by atoms with Crippen LogP contribution in [0.3, 0.4) is 0 Å². The van der Waals surface area contributed by atoms with Crippen molar-refractivity contribution >= 4 is 21.7 Å². The average molecular weight is 329 g/mol. The number of benzene rings is 1. The lowest BCUT2D eigenvalue weighted by molar-refractivity contribution is -0.139. The highest BCUT2D eigenvalue weighted by Crippen LogP contribution is 2.12. The van der Waals surface area contributed by atoms with Gasteiger partial charge in [-0.3, -0.25) is 4.79 Å². The van der Waals surface area contributed by atoms with Gasteiger partial charge in [0.25, 0.3) is 5.91 Å². The summed E-state index contributed by atoms with van der Waals surface area (Å²) >= 11 is 0. The minimum atomic E-state index is -3.29. The van der Waals surface area contributed by atoms with Crippen LogP contribution in [-0.4, -0.2) is 50.1 Å². The second-order valence-corrected chi connectivity index (χ2v) is 7.09. The lowest BCUT2D eigenvalue weighted by Gasteiger charge is -2.14. The number of carbonyl (C=O) groups excluding carboxylic acids is 1. The van der Waals surface area contributed by atoms with Gasteiger partial charge in [-0.25, -0.2) is 13.2 Å².